The van der Waals surface area contributed by atoms with E-state index in [1.54, 1.807) is 18.2 Å². The number of carbonyl (C=O) groups is 3. The van der Waals surface area contributed by atoms with E-state index in [0.29, 0.717) is 35.1 Å². The van der Waals surface area contributed by atoms with Crippen molar-refractivity contribution in [2.75, 3.05) is 18.5 Å². The van der Waals surface area contributed by atoms with Gasteiger partial charge in [0, 0.05) is 22.5 Å². The van der Waals surface area contributed by atoms with Crippen LogP contribution in [0, 0.1) is 0 Å². The van der Waals surface area contributed by atoms with Crippen molar-refractivity contribution in [3.63, 3.8) is 0 Å². The quantitative estimate of drug-likeness (QED) is 0.450. The topological polar surface area (TPSA) is 95.9 Å². The first kappa shape index (κ1) is 23.1. The lowest BCUT2D eigenvalue weighted by molar-refractivity contribution is -0.141. The molecule has 2 N–H and O–H groups in total. The van der Waals surface area contributed by atoms with Gasteiger partial charge < -0.3 is 14.7 Å². The number of amides is 2. The molecule has 5 rings (SSSR count). The first-order valence-corrected chi connectivity index (χ1v) is 12.2. The number of benzene rings is 3. The largest absolute Gasteiger partial charge is 0.480 e. The van der Waals surface area contributed by atoms with E-state index in [-0.39, 0.29) is 18.4 Å². The third-order valence-corrected chi connectivity index (χ3v) is 7.25. The maximum atomic E-state index is 12.8. The van der Waals surface area contributed by atoms with Crippen molar-refractivity contribution < 1.29 is 24.2 Å². The third-order valence-electron chi connectivity index (χ3n) is 6.60. The van der Waals surface area contributed by atoms with E-state index < -0.39 is 18.1 Å². The lowest BCUT2D eigenvalue weighted by Crippen LogP contribution is -2.40. The Bertz CT molecular complexity index is 1280. The highest BCUT2D eigenvalue weighted by molar-refractivity contribution is 9.10. The molecule has 1 heterocycles. The molecule has 1 aliphatic heterocycles. The Kier molecular flexibility index (Phi) is 6.30. The Labute approximate surface area is 210 Å². The number of halogens is 1. The molecule has 1 atom stereocenters. The van der Waals surface area contributed by atoms with Crippen LogP contribution in [0.5, 0.6) is 0 Å². The number of ether oxygens (including phenoxy) is 1. The minimum Gasteiger partial charge on any atom is -0.480 e. The fraction of sp³-hybridized carbons (Fsp3) is 0.222. The molecule has 7 nitrogen and oxygen atoms in total. The molecule has 0 saturated carbocycles. The van der Waals surface area contributed by atoms with Gasteiger partial charge in [-0.05, 0) is 69.2 Å². The van der Waals surface area contributed by atoms with Gasteiger partial charge in [-0.15, -0.1) is 0 Å². The summed E-state index contributed by atoms with van der Waals surface area (Å²) in [5.41, 5.74) is 5.38. The number of likely N-dealkylation sites (tertiary alicyclic amines) is 1. The van der Waals surface area contributed by atoms with E-state index in [4.69, 9.17) is 4.74 Å². The second kappa shape index (κ2) is 9.54. The highest BCUT2D eigenvalue weighted by Gasteiger charge is 2.34. The third kappa shape index (κ3) is 4.41. The zero-order valence-electron chi connectivity index (χ0n) is 18.7. The first-order chi connectivity index (χ1) is 16.9. The van der Waals surface area contributed by atoms with Gasteiger partial charge in [0.2, 0.25) is 0 Å². The molecular formula is C27H23BrN2O5. The van der Waals surface area contributed by atoms with Crippen LogP contribution in [0.4, 0.5) is 10.5 Å². The van der Waals surface area contributed by atoms with Crippen molar-refractivity contribution in [2.45, 2.75) is 24.8 Å². The molecule has 0 bridgehead atoms. The van der Waals surface area contributed by atoms with E-state index >= 15 is 0 Å². The molecule has 3 aromatic carbocycles. The summed E-state index contributed by atoms with van der Waals surface area (Å²) in [6, 6.07) is 20.2. The molecule has 0 radical (unpaired) electrons. The summed E-state index contributed by atoms with van der Waals surface area (Å²) in [6.45, 7) is 0.604. The Morgan fingerprint density at radius 3 is 2.29 bits per heavy atom. The molecule has 1 unspecified atom stereocenters. The summed E-state index contributed by atoms with van der Waals surface area (Å²) in [7, 11) is 0. The Morgan fingerprint density at radius 2 is 1.66 bits per heavy atom. The van der Waals surface area contributed by atoms with Crippen LogP contribution < -0.4 is 5.32 Å². The molecule has 178 valence electrons. The number of aliphatic carboxylic acids is 1. The predicted octanol–water partition coefficient (Wildman–Crippen LogP) is 5.50. The minimum absolute atomic E-state index is 0.0424. The molecule has 35 heavy (non-hydrogen) atoms. The summed E-state index contributed by atoms with van der Waals surface area (Å²) < 4.78 is 6.09. The molecule has 0 aromatic heterocycles. The number of carbonyl (C=O) groups excluding carboxylic acids is 2. The molecule has 1 aliphatic carbocycles. The van der Waals surface area contributed by atoms with Crippen molar-refractivity contribution in [3.05, 3.63) is 87.9 Å². The molecular weight excluding hydrogens is 512 g/mol. The zero-order chi connectivity index (χ0) is 24.5. The number of nitrogens with zero attached hydrogens (tertiary/aromatic N) is 1. The second-order valence-corrected chi connectivity index (χ2v) is 9.49. The monoisotopic (exact) mass is 534 g/mol. The van der Waals surface area contributed by atoms with E-state index in [2.05, 4.69) is 45.5 Å². The van der Waals surface area contributed by atoms with Gasteiger partial charge >= 0.3 is 12.1 Å². The van der Waals surface area contributed by atoms with Gasteiger partial charge in [-0.1, -0.05) is 48.5 Å². The maximum absolute atomic E-state index is 12.8. The van der Waals surface area contributed by atoms with Crippen molar-refractivity contribution >= 4 is 39.6 Å². The van der Waals surface area contributed by atoms with Gasteiger partial charge in [0.15, 0.2) is 0 Å². The van der Waals surface area contributed by atoms with Crippen LogP contribution in [0.3, 0.4) is 0 Å². The van der Waals surface area contributed by atoms with Crippen LogP contribution in [0.25, 0.3) is 11.1 Å². The Morgan fingerprint density at radius 1 is 1.00 bits per heavy atom. The van der Waals surface area contributed by atoms with E-state index in [0.717, 1.165) is 22.3 Å². The number of carboxylic acids is 1. The average Bonchev–Trinajstić information content (AvgIpc) is 3.47. The molecule has 3 aromatic rings. The van der Waals surface area contributed by atoms with Crippen LogP contribution in [0.1, 0.15) is 40.2 Å². The number of carboxylic acid groups (broad SMARTS) is 1. The van der Waals surface area contributed by atoms with E-state index in [1.807, 2.05) is 24.3 Å². The minimum atomic E-state index is -0.997. The number of nitrogens with one attached hydrogen (secondary N) is 1. The highest BCUT2D eigenvalue weighted by atomic mass is 79.9. The second-order valence-electron chi connectivity index (χ2n) is 8.64. The van der Waals surface area contributed by atoms with Gasteiger partial charge in [0.1, 0.15) is 12.6 Å². The number of anilines is 1. The van der Waals surface area contributed by atoms with Crippen molar-refractivity contribution in [1.82, 2.24) is 4.90 Å². The molecule has 1 saturated heterocycles. The Balaban J connectivity index is 1.25. The fourth-order valence-electron chi connectivity index (χ4n) is 4.93. The van der Waals surface area contributed by atoms with Crippen LogP contribution in [-0.2, 0) is 9.53 Å². The van der Waals surface area contributed by atoms with Crippen LogP contribution in [0.15, 0.2) is 71.2 Å². The summed E-state index contributed by atoms with van der Waals surface area (Å²) in [5, 5.41) is 12.1. The standard InChI is InChI=1S/C27H23BrN2O5/c28-22-14-16(25(31)30-13-5-10-24(30)26(32)33)11-12-23(22)29-27(34)35-15-21-19-8-3-1-6-17(19)18-7-2-4-9-20(18)21/h1-4,6-9,11-12,14,21,24H,5,10,13,15H2,(H,29,34)(H,32,33). The smallest absolute Gasteiger partial charge is 0.411 e. The maximum Gasteiger partial charge on any atom is 0.411 e. The fourth-order valence-corrected chi connectivity index (χ4v) is 5.40. The molecule has 1 fully saturated rings. The van der Waals surface area contributed by atoms with Crippen LogP contribution in [-0.4, -0.2) is 47.2 Å². The average molecular weight is 535 g/mol. The number of rotatable bonds is 5. The van der Waals surface area contributed by atoms with Crippen LogP contribution in [0.2, 0.25) is 0 Å². The lowest BCUT2D eigenvalue weighted by Gasteiger charge is -2.21. The van der Waals surface area contributed by atoms with Crippen molar-refractivity contribution in [2.24, 2.45) is 0 Å². The first-order valence-electron chi connectivity index (χ1n) is 11.4. The summed E-state index contributed by atoms with van der Waals surface area (Å²) >= 11 is 3.40. The zero-order valence-corrected chi connectivity index (χ0v) is 20.3. The molecule has 2 aliphatic rings. The van der Waals surface area contributed by atoms with E-state index in [9.17, 15) is 19.5 Å². The van der Waals surface area contributed by atoms with Gasteiger partial charge in [0.25, 0.3) is 5.91 Å². The van der Waals surface area contributed by atoms with Gasteiger partial charge in [0.05, 0.1) is 5.69 Å². The SMILES string of the molecule is O=C(Nc1ccc(C(=O)N2CCCC2C(=O)O)cc1Br)OCC1c2ccccc2-c2ccccc21. The molecule has 2 amide bonds. The van der Waals surface area contributed by atoms with Crippen molar-refractivity contribution in [1.29, 1.82) is 0 Å². The summed E-state index contributed by atoms with van der Waals surface area (Å²) in [4.78, 5) is 38.2. The predicted molar refractivity (Wildman–Crippen MR) is 135 cm³/mol. The summed E-state index contributed by atoms with van der Waals surface area (Å²) in [6.07, 6.45) is 0.506. The van der Waals surface area contributed by atoms with Crippen LogP contribution >= 0.6 is 15.9 Å². The number of hydrogen-bond donors (Lipinski definition) is 2. The van der Waals surface area contributed by atoms with Crippen molar-refractivity contribution in [3.8, 4) is 11.1 Å². The van der Waals surface area contributed by atoms with E-state index in [1.165, 1.54) is 4.90 Å². The Hall–Kier alpha value is -3.65. The van der Waals surface area contributed by atoms with Gasteiger partial charge in [-0.2, -0.15) is 0 Å². The van der Waals surface area contributed by atoms with Gasteiger partial charge in [-0.3, -0.25) is 10.1 Å². The number of fused-ring (bicyclic) bond motifs is 3. The lowest BCUT2D eigenvalue weighted by atomic mass is 9.98. The normalized spacial score (nSPS) is 16.5. The number of hydrogen-bond acceptors (Lipinski definition) is 4. The van der Waals surface area contributed by atoms with Gasteiger partial charge in [-0.25, -0.2) is 9.59 Å². The molecule has 0 spiro atoms. The highest BCUT2D eigenvalue weighted by Crippen LogP contribution is 2.44. The summed E-state index contributed by atoms with van der Waals surface area (Å²) in [5.74, 6) is -1.38. The molecule has 8 heteroatoms.